The van der Waals surface area contributed by atoms with Gasteiger partial charge in [0.05, 0.1) is 0 Å². The summed E-state index contributed by atoms with van der Waals surface area (Å²) in [6.45, 7) is 1.83. The Morgan fingerprint density at radius 3 is 2.80 bits per heavy atom. The molecule has 2 aromatic carbocycles. The van der Waals surface area contributed by atoms with Crippen molar-refractivity contribution in [3.63, 3.8) is 0 Å². The second kappa shape index (κ2) is 3.81. The van der Waals surface area contributed by atoms with Gasteiger partial charge in [-0.2, -0.15) is 0 Å². The number of halogens is 1. The molecule has 0 fully saturated rings. The molecule has 15 heavy (non-hydrogen) atoms. The first-order valence-electron chi connectivity index (χ1n) is 4.86. The van der Waals surface area contributed by atoms with E-state index in [0.29, 0.717) is 5.39 Å². The molecular weight excluding hydrogens is 191 g/mol. The van der Waals surface area contributed by atoms with Crippen molar-refractivity contribution in [3.8, 4) is 0 Å². The molecule has 2 rings (SSSR count). The maximum Gasteiger partial charge on any atom is 0.131 e. The molecule has 1 atom stereocenters. The Kier molecular flexibility index (Phi) is 2.50. The maximum atomic E-state index is 13.3. The zero-order valence-corrected chi connectivity index (χ0v) is 8.41. The fourth-order valence-corrected chi connectivity index (χ4v) is 1.62. The monoisotopic (exact) mass is 202 g/mol. The van der Waals surface area contributed by atoms with E-state index >= 15 is 0 Å². The second-order valence-corrected chi connectivity index (χ2v) is 3.65. The summed E-state index contributed by atoms with van der Waals surface area (Å²) in [5.41, 5.74) is 0.920. The van der Waals surface area contributed by atoms with E-state index in [2.05, 4.69) is 0 Å². The van der Waals surface area contributed by atoms with Gasteiger partial charge in [0.2, 0.25) is 0 Å². The Morgan fingerprint density at radius 1 is 1.27 bits per heavy atom. The number of hydrogen-bond acceptors (Lipinski definition) is 1. The van der Waals surface area contributed by atoms with Crippen molar-refractivity contribution in [3.05, 3.63) is 47.8 Å². The fourth-order valence-electron chi connectivity index (χ4n) is 1.62. The molecule has 0 radical (unpaired) electrons. The molecule has 0 aromatic heterocycles. The van der Waals surface area contributed by atoms with E-state index in [-0.39, 0.29) is 11.7 Å². The highest BCUT2D eigenvalue weighted by atomic mass is 19.1. The molecule has 2 heteroatoms. The van der Waals surface area contributed by atoms with Crippen molar-refractivity contribution < 1.29 is 9.18 Å². The van der Waals surface area contributed by atoms with Gasteiger partial charge >= 0.3 is 0 Å². The SMILES string of the molecule is CC(C=O)c1ccc2c(F)cccc2c1. The van der Waals surface area contributed by atoms with Crippen LogP contribution in [0.4, 0.5) is 4.39 Å². The summed E-state index contributed by atoms with van der Waals surface area (Å²) in [5, 5.41) is 1.43. The highest BCUT2D eigenvalue weighted by Crippen LogP contribution is 2.22. The average Bonchev–Trinajstić information content (AvgIpc) is 2.28. The van der Waals surface area contributed by atoms with Gasteiger partial charge in [0.25, 0.3) is 0 Å². The smallest absolute Gasteiger partial charge is 0.131 e. The molecule has 0 amide bonds. The van der Waals surface area contributed by atoms with Gasteiger partial charge in [0, 0.05) is 11.3 Å². The third-order valence-corrected chi connectivity index (χ3v) is 2.58. The average molecular weight is 202 g/mol. The van der Waals surface area contributed by atoms with Crippen LogP contribution in [-0.2, 0) is 4.79 Å². The van der Waals surface area contributed by atoms with Crippen LogP contribution in [0, 0.1) is 5.82 Å². The summed E-state index contributed by atoms with van der Waals surface area (Å²) in [7, 11) is 0. The molecule has 0 spiro atoms. The van der Waals surface area contributed by atoms with Crippen molar-refractivity contribution in [2.24, 2.45) is 0 Å². The van der Waals surface area contributed by atoms with E-state index in [4.69, 9.17) is 0 Å². The minimum absolute atomic E-state index is 0.141. The molecule has 1 unspecified atom stereocenters. The molecule has 76 valence electrons. The van der Waals surface area contributed by atoms with Crippen LogP contribution in [0.5, 0.6) is 0 Å². The van der Waals surface area contributed by atoms with E-state index in [1.54, 1.807) is 18.2 Å². The lowest BCUT2D eigenvalue weighted by atomic mass is 9.99. The van der Waals surface area contributed by atoms with Crippen LogP contribution in [0.25, 0.3) is 10.8 Å². The molecule has 0 saturated carbocycles. The third kappa shape index (κ3) is 1.75. The standard InChI is InChI=1S/C13H11FO/c1-9(8-15)10-5-6-12-11(7-10)3-2-4-13(12)14/h2-9H,1H3. The van der Waals surface area contributed by atoms with E-state index in [1.165, 1.54) is 6.07 Å². The quantitative estimate of drug-likeness (QED) is 0.683. The van der Waals surface area contributed by atoms with Gasteiger partial charge in [-0.05, 0) is 17.0 Å². The van der Waals surface area contributed by atoms with Crippen molar-refractivity contribution in [2.45, 2.75) is 12.8 Å². The van der Waals surface area contributed by atoms with Gasteiger partial charge in [-0.25, -0.2) is 4.39 Å². The highest BCUT2D eigenvalue weighted by Gasteiger charge is 2.05. The summed E-state index contributed by atoms with van der Waals surface area (Å²) in [6, 6.07) is 10.3. The Bertz CT molecular complexity index is 505. The van der Waals surface area contributed by atoms with Gasteiger partial charge in [0.15, 0.2) is 0 Å². The zero-order chi connectivity index (χ0) is 10.8. The lowest BCUT2D eigenvalue weighted by Gasteiger charge is -2.06. The van der Waals surface area contributed by atoms with Crippen molar-refractivity contribution in [1.82, 2.24) is 0 Å². The first kappa shape index (κ1) is 9.84. The Labute approximate surface area is 87.5 Å². The van der Waals surface area contributed by atoms with Gasteiger partial charge in [-0.3, -0.25) is 0 Å². The number of carbonyl (C=O) groups is 1. The molecule has 0 saturated heterocycles. The van der Waals surface area contributed by atoms with E-state index in [9.17, 15) is 9.18 Å². The van der Waals surface area contributed by atoms with Crippen LogP contribution in [0.1, 0.15) is 18.4 Å². The zero-order valence-electron chi connectivity index (χ0n) is 8.41. The van der Waals surface area contributed by atoms with Crippen LogP contribution in [0.2, 0.25) is 0 Å². The van der Waals surface area contributed by atoms with E-state index in [0.717, 1.165) is 17.2 Å². The second-order valence-electron chi connectivity index (χ2n) is 3.65. The van der Waals surface area contributed by atoms with Crippen LogP contribution in [-0.4, -0.2) is 6.29 Å². The molecule has 0 aliphatic rings. The minimum Gasteiger partial charge on any atom is -0.303 e. The Morgan fingerprint density at radius 2 is 2.07 bits per heavy atom. The van der Waals surface area contributed by atoms with Gasteiger partial charge in [-0.15, -0.1) is 0 Å². The largest absolute Gasteiger partial charge is 0.303 e. The topological polar surface area (TPSA) is 17.1 Å². The predicted octanol–water partition coefficient (Wildman–Crippen LogP) is 3.28. The lowest BCUT2D eigenvalue weighted by Crippen LogP contribution is -1.94. The van der Waals surface area contributed by atoms with Crippen LogP contribution in [0.15, 0.2) is 36.4 Å². The first-order valence-corrected chi connectivity index (χ1v) is 4.86. The molecular formula is C13H11FO. The Balaban J connectivity index is 2.61. The van der Waals surface area contributed by atoms with Crippen LogP contribution in [0.3, 0.4) is 0 Å². The normalized spacial score (nSPS) is 12.7. The number of hydrogen-bond donors (Lipinski definition) is 0. The molecule has 0 aliphatic carbocycles. The van der Waals surface area contributed by atoms with Crippen LogP contribution < -0.4 is 0 Å². The molecule has 0 heterocycles. The van der Waals surface area contributed by atoms with Gasteiger partial charge < -0.3 is 4.79 Å². The Hall–Kier alpha value is -1.70. The molecule has 0 N–H and O–H groups in total. The maximum absolute atomic E-state index is 13.3. The lowest BCUT2D eigenvalue weighted by molar-refractivity contribution is -0.108. The van der Waals surface area contributed by atoms with Crippen LogP contribution >= 0.6 is 0 Å². The summed E-state index contributed by atoms with van der Waals surface area (Å²) in [4.78, 5) is 10.6. The number of benzene rings is 2. The van der Waals surface area contributed by atoms with Gasteiger partial charge in [0.1, 0.15) is 12.1 Å². The summed E-state index contributed by atoms with van der Waals surface area (Å²) >= 11 is 0. The number of fused-ring (bicyclic) bond motifs is 1. The van der Waals surface area contributed by atoms with E-state index < -0.39 is 0 Å². The minimum atomic E-state index is -0.224. The third-order valence-electron chi connectivity index (χ3n) is 2.58. The van der Waals surface area contributed by atoms with Crippen molar-refractivity contribution >= 4 is 17.1 Å². The number of rotatable bonds is 2. The molecule has 2 aromatic rings. The molecule has 0 aliphatic heterocycles. The van der Waals surface area contributed by atoms with Crippen molar-refractivity contribution in [1.29, 1.82) is 0 Å². The summed E-state index contributed by atoms with van der Waals surface area (Å²) in [5.74, 6) is -0.365. The van der Waals surface area contributed by atoms with Crippen molar-refractivity contribution in [2.75, 3.05) is 0 Å². The first-order chi connectivity index (χ1) is 7.22. The highest BCUT2D eigenvalue weighted by molar-refractivity contribution is 5.84. The summed E-state index contributed by atoms with van der Waals surface area (Å²) < 4.78 is 13.3. The molecule has 1 nitrogen and oxygen atoms in total. The predicted molar refractivity (Wildman–Crippen MR) is 58.4 cm³/mol. The fraction of sp³-hybridized carbons (Fsp3) is 0.154. The number of carbonyl (C=O) groups excluding carboxylic acids is 1. The van der Waals surface area contributed by atoms with E-state index in [1.807, 2.05) is 19.1 Å². The number of aldehydes is 1. The summed E-state index contributed by atoms with van der Waals surface area (Å²) in [6.07, 6.45) is 0.889. The molecule has 0 bridgehead atoms. The van der Waals surface area contributed by atoms with Gasteiger partial charge in [-0.1, -0.05) is 37.3 Å².